The minimum Gasteiger partial charge on any atom is -0.365 e. The lowest BCUT2D eigenvalue weighted by molar-refractivity contribution is 0.0731. The molecule has 30 heavy (non-hydrogen) atoms. The zero-order chi connectivity index (χ0) is 20.7. The third-order valence-electron chi connectivity index (χ3n) is 6.20. The highest BCUT2D eigenvalue weighted by molar-refractivity contribution is 7.18. The van der Waals surface area contributed by atoms with Crippen molar-refractivity contribution < 1.29 is 4.79 Å². The molecule has 5 heteroatoms. The molecule has 0 spiro atoms. The Labute approximate surface area is 182 Å². The first-order valence-corrected chi connectivity index (χ1v) is 11.5. The number of carbonyl (C=O) groups excluding carboxylic acids is 1. The molecule has 4 nitrogen and oxygen atoms in total. The molecule has 0 aliphatic carbocycles. The molecule has 2 aliphatic rings. The number of rotatable bonds is 3. The highest BCUT2D eigenvalue weighted by Crippen LogP contribution is 2.38. The molecule has 3 heterocycles. The van der Waals surface area contributed by atoms with Gasteiger partial charge >= 0.3 is 0 Å². The summed E-state index contributed by atoms with van der Waals surface area (Å²) < 4.78 is 0. The second-order valence-corrected chi connectivity index (χ2v) is 9.36. The van der Waals surface area contributed by atoms with Gasteiger partial charge in [0.1, 0.15) is 0 Å². The molecule has 1 aromatic heterocycles. The summed E-state index contributed by atoms with van der Waals surface area (Å²) in [5, 5.41) is 1.16. The van der Waals surface area contributed by atoms with Gasteiger partial charge in [-0.25, -0.2) is 0 Å². The Kier molecular flexibility index (Phi) is 4.99. The van der Waals surface area contributed by atoms with Crippen LogP contribution in [0, 0.1) is 6.92 Å². The first kappa shape index (κ1) is 19.2. The van der Waals surface area contributed by atoms with Gasteiger partial charge in [-0.3, -0.25) is 4.79 Å². The highest BCUT2D eigenvalue weighted by atomic mass is 32.1. The lowest BCUT2D eigenvalue weighted by Gasteiger charge is -2.41. The Balaban J connectivity index is 1.29. The fourth-order valence-corrected chi connectivity index (χ4v) is 5.66. The van der Waals surface area contributed by atoms with E-state index in [2.05, 4.69) is 78.2 Å². The monoisotopic (exact) mass is 417 g/mol. The van der Waals surface area contributed by atoms with Gasteiger partial charge in [-0.2, -0.15) is 0 Å². The molecule has 2 aliphatic heterocycles. The number of thiophene rings is 1. The quantitative estimate of drug-likeness (QED) is 0.593. The van der Waals surface area contributed by atoms with Crippen LogP contribution in [0.4, 0.5) is 16.4 Å². The number of anilines is 3. The van der Waals surface area contributed by atoms with E-state index in [-0.39, 0.29) is 5.91 Å². The van der Waals surface area contributed by atoms with E-state index in [1.165, 1.54) is 22.5 Å². The molecule has 0 N–H and O–H groups in total. The average Bonchev–Trinajstić information content (AvgIpc) is 3.40. The summed E-state index contributed by atoms with van der Waals surface area (Å²) in [5.41, 5.74) is 5.19. The van der Waals surface area contributed by atoms with Gasteiger partial charge in [0.05, 0.1) is 9.88 Å². The Morgan fingerprint density at radius 3 is 2.70 bits per heavy atom. The molecule has 0 saturated carbocycles. The molecule has 1 atom stereocenters. The van der Waals surface area contributed by atoms with E-state index >= 15 is 0 Å². The number of hydrogen-bond acceptors (Lipinski definition) is 4. The van der Waals surface area contributed by atoms with Crippen molar-refractivity contribution in [2.24, 2.45) is 0 Å². The van der Waals surface area contributed by atoms with Crippen molar-refractivity contribution in [1.29, 1.82) is 0 Å². The molecule has 5 rings (SSSR count). The van der Waals surface area contributed by atoms with Gasteiger partial charge in [0.25, 0.3) is 5.91 Å². The predicted molar refractivity (Wildman–Crippen MR) is 125 cm³/mol. The topological polar surface area (TPSA) is 26.8 Å². The number of benzene rings is 2. The number of nitrogens with zero attached hydrogens (tertiary/aromatic N) is 3. The maximum absolute atomic E-state index is 13.2. The molecule has 3 aromatic rings. The van der Waals surface area contributed by atoms with Crippen LogP contribution in [0.15, 0.2) is 60.7 Å². The summed E-state index contributed by atoms with van der Waals surface area (Å²) in [7, 11) is 0. The molecule has 0 unspecified atom stereocenters. The van der Waals surface area contributed by atoms with Crippen molar-refractivity contribution in [3.8, 4) is 0 Å². The maximum atomic E-state index is 13.2. The normalized spacial score (nSPS) is 18.6. The second kappa shape index (κ2) is 7.80. The molecule has 154 valence electrons. The molecule has 1 fully saturated rings. The van der Waals surface area contributed by atoms with Gasteiger partial charge in [-0.15, -0.1) is 11.3 Å². The lowest BCUT2D eigenvalue weighted by Crippen LogP contribution is -2.53. The average molecular weight is 418 g/mol. The van der Waals surface area contributed by atoms with E-state index < -0.39 is 0 Å². The Hall–Kier alpha value is -2.79. The summed E-state index contributed by atoms with van der Waals surface area (Å²) in [5.74, 6) is 0.162. The molecule has 1 amide bonds. The third kappa shape index (κ3) is 3.47. The van der Waals surface area contributed by atoms with Crippen LogP contribution in [0.25, 0.3) is 0 Å². The Morgan fingerprint density at radius 1 is 1.00 bits per heavy atom. The molecular weight excluding hydrogens is 390 g/mol. The van der Waals surface area contributed by atoms with E-state index in [0.29, 0.717) is 6.04 Å². The highest BCUT2D eigenvalue weighted by Gasteiger charge is 2.29. The summed E-state index contributed by atoms with van der Waals surface area (Å²) >= 11 is 1.62. The number of hydrogen-bond donors (Lipinski definition) is 0. The van der Waals surface area contributed by atoms with Crippen LogP contribution in [-0.4, -0.2) is 43.0 Å². The molecular formula is C25H27N3OS. The smallest absolute Gasteiger partial charge is 0.264 e. The number of para-hydroxylation sites is 1. The molecule has 0 bridgehead atoms. The zero-order valence-corrected chi connectivity index (χ0v) is 18.4. The van der Waals surface area contributed by atoms with Crippen LogP contribution in [0.2, 0.25) is 0 Å². The van der Waals surface area contributed by atoms with Crippen LogP contribution < -0.4 is 9.80 Å². The van der Waals surface area contributed by atoms with Crippen molar-refractivity contribution in [3.63, 3.8) is 0 Å². The fraction of sp³-hybridized carbons (Fsp3) is 0.320. The standard InChI is InChI=1S/C25H27N3OS/c1-18-6-5-8-21(16-18)27-15-14-26(17-19(27)2)25(29)23-10-11-24(30-23)28-13-12-20-7-3-4-9-22(20)28/h3-11,16,19H,12-15,17H2,1-2H3/t19-/m1/s1. The summed E-state index contributed by atoms with van der Waals surface area (Å²) in [6, 6.07) is 21.6. The van der Waals surface area contributed by atoms with E-state index in [9.17, 15) is 4.79 Å². The lowest BCUT2D eigenvalue weighted by atomic mass is 10.1. The molecule has 1 saturated heterocycles. The van der Waals surface area contributed by atoms with Gasteiger partial charge in [-0.05, 0) is 61.7 Å². The van der Waals surface area contributed by atoms with Crippen molar-refractivity contribution in [2.75, 3.05) is 36.0 Å². The summed E-state index contributed by atoms with van der Waals surface area (Å²) in [4.78, 5) is 20.8. The first-order chi connectivity index (χ1) is 14.6. The van der Waals surface area contributed by atoms with Crippen LogP contribution in [0.3, 0.4) is 0 Å². The predicted octanol–water partition coefficient (Wildman–Crippen LogP) is 5.10. The summed E-state index contributed by atoms with van der Waals surface area (Å²) in [6.07, 6.45) is 1.07. The SMILES string of the molecule is Cc1cccc(N2CCN(C(=O)c3ccc(N4CCc5ccccc54)s3)C[C@H]2C)c1. The van der Waals surface area contributed by atoms with Crippen molar-refractivity contribution in [2.45, 2.75) is 26.3 Å². The molecule has 0 radical (unpaired) electrons. The van der Waals surface area contributed by atoms with E-state index in [4.69, 9.17) is 0 Å². The largest absolute Gasteiger partial charge is 0.365 e. The zero-order valence-electron chi connectivity index (χ0n) is 17.5. The van der Waals surface area contributed by atoms with Crippen molar-refractivity contribution in [1.82, 2.24) is 4.90 Å². The van der Waals surface area contributed by atoms with E-state index in [1.807, 2.05) is 11.0 Å². The number of piperazine rings is 1. The third-order valence-corrected chi connectivity index (χ3v) is 7.30. The van der Waals surface area contributed by atoms with Gasteiger partial charge in [0.2, 0.25) is 0 Å². The number of amides is 1. The van der Waals surface area contributed by atoms with Crippen LogP contribution in [-0.2, 0) is 6.42 Å². The fourth-order valence-electron chi connectivity index (χ4n) is 4.64. The van der Waals surface area contributed by atoms with Gasteiger partial charge in [0, 0.05) is 43.6 Å². The van der Waals surface area contributed by atoms with Crippen LogP contribution in [0.1, 0.15) is 27.7 Å². The minimum absolute atomic E-state index is 0.162. The number of fused-ring (bicyclic) bond motifs is 1. The van der Waals surface area contributed by atoms with Crippen molar-refractivity contribution >= 4 is 33.6 Å². The van der Waals surface area contributed by atoms with Crippen LogP contribution >= 0.6 is 11.3 Å². The van der Waals surface area contributed by atoms with Crippen LogP contribution in [0.5, 0.6) is 0 Å². The van der Waals surface area contributed by atoms with Gasteiger partial charge < -0.3 is 14.7 Å². The van der Waals surface area contributed by atoms with Gasteiger partial charge in [-0.1, -0.05) is 30.3 Å². The summed E-state index contributed by atoms with van der Waals surface area (Å²) in [6.45, 7) is 7.71. The minimum atomic E-state index is 0.162. The van der Waals surface area contributed by atoms with E-state index in [0.717, 1.165) is 42.5 Å². The first-order valence-electron chi connectivity index (χ1n) is 10.7. The maximum Gasteiger partial charge on any atom is 0.264 e. The van der Waals surface area contributed by atoms with E-state index in [1.54, 1.807) is 11.3 Å². The Morgan fingerprint density at radius 2 is 1.87 bits per heavy atom. The number of aryl methyl sites for hydroxylation is 1. The molecule has 2 aromatic carbocycles. The second-order valence-electron chi connectivity index (χ2n) is 8.30. The van der Waals surface area contributed by atoms with Crippen molar-refractivity contribution in [3.05, 3.63) is 76.7 Å². The number of carbonyl (C=O) groups is 1. The Bertz CT molecular complexity index is 1080. The van der Waals surface area contributed by atoms with Gasteiger partial charge in [0.15, 0.2) is 0 Å².